The molecular formula is C15H26N4O2. The maximum Gasteiger partial charge on any atom is 0.235 e. The molecule has 2 aliphatic rings. The van der Waals surface area contributed by atoms with E-state index in [4.69, 9.17) is 0 Å². The van der Waals surface area contributed by atoms with Crippen LogP contribution in [0, 0.1) is 11.3 Å². The Hall–Kier alpha value is -1.16. The maximum absolute atomic E-state index is 12.1. The second kappa shape index (κ2) is 7.21. The van der Waals surface area contributed by atoms with Crippen LogP contribution in [0.15, 0.2) is 0 Å². The Morgan fingerprint density at radius 1 is 1.29 bits per heavy atom. The van der Waals surface area contributed by atoms with Gasteiger partial charge in [-0.15, -0.1) is 0 Å². The molecule has 21 heavy (non-hydrogen) atoms. The molecule has 1 aliphatic heterocycles. The van der Waals surface area contributed by atoms with Crippen LogP contribution in [0.4, 0.5) is 0 Å². The molecule has 0 radical (unpaired) electrons. The molecule has 1 heterocycles. The number of carbonyl (C=O) groups is 1. The van der Waals surface area contributed by atoms with E-state index in [1.54, 1.807) is 6.92 Å². The molecule has 1 amide bonds. The number of nitrogens with zero attached hydrogens (tertiary/aromatic N) is 3. The zero-order valence-corrected chi connectivity index (χ0v) is 12.8. The van der Waals surface area contributed by atoms with Crippen molar-refractivity contribution >= 4 is 5.91 Å². The molecular weight excluding hydrogens is 268 g/mol. The minimum Gasteiger partial charge on any atom is -0.392 e. The number of aliphatic hydroxyl groups is 1. The van der Waals surface area contributed by atoms with E-state index >= 15 is 0 Å². The van der Waals surface area contributed by atoms with E-state index < -0.39 is 5.54 Å². The van der Waals surface area contributed by atoms with E-state index in [-0.39, 0.29) is 12.0 Å². The first-order chi connectivity index (χ1) is 10.0. The lowest BCUT2D eigenvalue weighted by Gasteiger charge is -2.35. The highest BCUT2D eigenvalue weighted by Gasteiger charge is 2.35. The van der Waals surface area contributed by atoms with Gasteiger partial charge in [0.15, 0.2) is 0 Å². The van der Waals surface area contributed by atoms with Gasteiger partial charge in [-0.3, -0.25) is 14.6 Å². The first-order valence-electron chi connectivity index (χ1n) is 7.88. The van der Waals surface area contributed by atoms with Crippen molar-refractivity contribution in [2.24, 2.45) is 0 Å². The molecule has 6 heteroatoms. The topological polar surface area (TPSA) is 79.6 Å². The number of carbonyl (C=O) groups excluding carboxylic acids is 1. The van der Waals surface area contributed by atoms with Gasteiger partial charge in [-0.25, -0.2) is 0 Å². The molecule has 1 aliphatic carbocycles. The van der Waals surface area contributed by atoms with E-state index in [1.807, 2.05) is 0 Å². The van der Waals surface area contributed by atoms with Crippen molar-refractivity contribution in [2.75, 3.05) is 39.3 Å². The predicted octanol–water partition coefficient (Wildman–Crippen LogP) is -0.0626. The van der Waals surface area contributed by atoms with Gasteiger partial charge < -0.3 is 10.4 Å². The Morgan fingerprint density at radius 3 is 2.38 bits per heavy atom. The summed E-state index contributed by atoms with van der Waals surface area (Å²) in [6.45, 7) is 6.27. The monoisotopic (exact) mass is 294 g/mol. The van der Waals surface area contributed by atoms with Crippen LogP contribution in [0.2, 0.25) is 0 Å². The van der Waals surface area contributed by atoms with Gasteiger partial charge >= 0.3 is 0 Å². The Labute approximate surface area is 126 Å². The molecule has 118 valence electrons. The highest BCUT2D eigenvalue weighted by Crippen LogP contribution is 2.28. The van der Waals surface area contributed by atoms with Crippen molar-refractivity contribution in [1.82, 2.24) is 15.1 Å². The Bertz CT molecular complexity index is 391. The first-order valence-corrected chi connectivity index (χ1v) is 7.88. The van der Waals surface area contributed by atoms with Gasteiger partial charge in [-0.2, -0.15) is 5.26 Å². The van der Waals surface area contributed by atoms with Crippen LogP contribution in [-0.4, -0.2) is 71.7 Å². The average Bonchev–Trinajstić information content (AvgIpc) is 2.89. The smallest absolute Gasteiger partial charge is 0.235 e. The number of aliphatic hydroxyl groups excluding tert-OH is 1. The second-order valence-electron chi connectivity index (χ2n) is 6.37. The minimum absolute atomic E-state index is 0.0394. The summed E-state index contributed by atoms with van der Waals surface area (Å²) in [6.07, 6.45) is 3.28. The van der Waals surface area contributed by atoms with Crippen LogP contribution < -0.4 is 5.32 Å². The highest BCUT2D eigenvalue weighted by atomic mass is 16.3. The van der Waals surface area contributed by atoms with Crippen molar-refractivity contribution in [2.45, 2.75) is 44.2 Å². The fourth-order valence-electron chi connectivity index (χ4n) is 3.26. The molecule has 1 saturated carbocycles. The zero-order valence-electron chi connectivity index (χ0n) is 12.8. The van der Waals surface area contributed by atoms with Crippen molar-refractivity contribution in [3.8, 4) is 6.07 Å². The van der Waals surface area contributed by atoms with Crippen LogP contribution in [0.5, 0.6) is 0 Å². The summed E-state index contributed by atoms with van der Waals surface area (Å²) in [7, 11) is 0. The standard InChI is InChI=1S/C15H26N4O2/c1-13(20)10-18-6-8-19(9-7-18)11-14(21)17-15(12-16)4-2-3-5-15/h13,20H,2-11H2,1H3,(H,17,21)/t13-/m0/s1. The van der Waals surface area contributed by atoms with Gasteiger partial charge in [0.2, 0.25) is 5.91 Å². The average molecular weight is 294 g/mol. The molecule has 0 bridgehead atoms. The molecule has 2 N–H and O–H groups in total. The molecule has 2 fully saturated rings. The number of amides is 1. The number of β-amino-alcohol motifs (C(OH)–C–C–N with tert-alkyl or cyclic N) is 1. The fraction of sp³-hybridized carbons (Fsp3) is 0.867. The normalized spacial score (nSPS) is 24.4. The molecule has 0 aromatic heterocycles. The van der Waals surface area contributed by atoms with Gasteiger partial charge in [-0.1, -0.05) is 0 Å². The van der Waals surface area contributed by atoms with Gasteiger partial charge in [0.1, 0.15) is 5.54 Å². The predicted molar refractivity (Wildman–Crippen MR) is 79.5 cm³/mol. The quantitative estimate of drug-likeness (QED) is 0.742. The van der Waals surface area contributed by atoms with E-state index in [1.165, 1.54) is 0 Å². The van der Waals surface area contributed by atoms with Crippen LogP contribution in [-0.2, 0) is 4.79 Å². The van der Waals surface area contributed by atoms with Crippen molar-refractivity contribution < 1.29 is 9.90 Å². The summed E-state index contributed by atoms with van der Waals surface area (Å²) in [6, 6.07) is 2.29. The van der Waals surface area contributed by atoms with Crippen LogP contribution in [0.3, 0.4) is 0 Å². The van der Waals surface area contributed by atoms with Gasteiger partial charge in [0, 0.05) is 32.7 Å². The highest BCUT2D eigenvalue weighted by molar-refractivity contribution is 5.79. The third kappa shape index (κ3) is 4.67. The molecule has 0 unspecified atom stereocenters. The van der Waals surface area contributed by atoms with E-state index in [0.29, 0.717) is 13.1 Å². The third-order valence-corrected chi connectivity index (χ3v) is 4.40. The SMILES string of the molecule is C[C@H](O)CN1CCN(CC(=O)NC2(C#N)CCCC2)CC1. The van der Waals surface area contributed by atoms with Gasteiger partial charge in [0.25, 0.3) is 0 Å². The van der Waals surface area contributed by atoms with E-state index in [9.17, 15) is 15.2 Å². The molecule has 6 nitrogen and oxygen atoms in total. The van der Waals surface area contributed by atoms with Gasteiger partial charge in [-0.05, 0) is 32.6 Å². The number of hydrogen-bond acceptors (Lipinski definition) is 5. The summed E-state index contributed by atoms with van der Waals surface area (Å²) >= 11 is 0. The number of rotatable bonds is 5. The van der Waals surface area contributed by atoms with Crippen LogP contribution in [0.1, 0.15) is 32.6 Å². The maximum atomic E-state index is 12.1. The molecule has 1 saturated heterocycles. The molecule has 0 aromatic rings. The lowest BCUT2D eigenvalue weighted by molar-refractivity contribution is -0.124. The Kier molecular flexibility index (Phi) is 5.57. The van der Waals surface area contributed by atoms with Crippen LogP contribution in [0.25, 0.3) is 0 Å². The Balaban J connectivity index is 1.73. The second-order valence-corrected chi connectivity index (χ2v) is 6.37. The minimum atomic E-state index is -0.620. The fourth-order valence-corrected chi connectivity index (χ4v) is 3.26. The lowest BCUT2D eigenvalue weighted by Crippen LogP contribution is -2.53. The van der Waals surface area contributed by atoms with Crippen molar-refractivity contribution in [3.05, 3.63) is 0 Å². The molecule has 2 rings (SSSR count). The largest absolute Gasteiger partial charge is 0.392 e. The van der Waals surface area contributed by atoms with E-state index in [0.717, 1.165) is 51.9 Å². The summed E-state index contributed by atoms with van der Waals surface area (Å²) in [5.41, 5.74) is -0.620. The number of nitriles is 1. The number of piperazine rings is 1. The molecule has 0 aromatic carbocycles. The summed E-state index contributed by atoms with van der Waals surface area (Å²) in [5, 5.41) is 21.6. The third-order valence-electron chi connectivity index (χ3n) is 4.40. The summed E-state index contributed by atoms with van der Waals surface area (Å²) in [5.74, 6) is -0.0394. The van der Waals surface area contributed by atoms with Crippen molar-refractivity contribution in [3.63, 3.8) is 0 Å². The Morgan fingerprint density at radius 2 is 1.86 bits per heavy atom. The van der Waals surface area contributed by atoms with Crippen LogP contribution >= 0.6 is 0 Å². The zero-order chi connectivity index (χ0) is 15.3. The summed E-state index contributed by atoms with van der Waals surface area (Å²) < 4.78 is 0. The molecule has 0 spiro atoms. The first kappa shape index (κ1) is 16.2. The molecule has 1 atom stereocenters. The van der Waals surface area contributed by atoms with E-state index in [2.05, 4.69) is 21.2 Å². The number of hydrogen-bond donors (Lipinski definition) is 2. The van der Waals surface area contributed by atoms with Gasteiger partial charge in [0.05, 0.1) is 18.7 Å². The lowest BCUT2D eigenvalue weighted by atomic mass is 10.00. The summed E-state index contributed by atoms with van der Waals surface area (Å²) in [4.78, 5) is 16.5. The number of nitrogens with one attached hydrogen (secondary N) is 1. The van der Waals surface area contributed by atoms with Crippen molar-refractivity contribution in [1.29, 1.82) is 5.26 Å².